The summed E-state index contributed by atoms with van der Waals surface area (Å²) in [6.07, 6.45) is 6.21. The molecular formula is C9H19NO. The number of aliphatic hydroxyl groups is 1. The lowest BCUT2D eigenvalue weighted by molar-refractivity contribution is 0.0311. The van der Waals surface area contributed by atoms with Crippen molar-refractivity contribution in [3.8, 4) is 0 Å². The van der Waals surface area contributed by atoms with Crippen LogP contribution in [0.4, 0.5) is 0 Å². The molecule has 0 aliphatic carbocycles. The largest absolute Gasteiger partial charge is 0.376 e. The molecule has 0 aliphatic heterocycles. The van der Waals surface area contributed by atoms with Crippen molar-refractivity contribution >= 4 is 0 Å². The third kappa shape index (κ3) is 4.99. The van der Waals surface area contributed by atoms with Gasteiger partial charge >= 0.3 is 0 Å². The third-order valence-corrected chi connectivity index (χ3v) is 1.80. The van der Waals surface area contributed by atoms with Crippen LogP contribution in [0.15, 0.2) is 12.2 Å². The van der Waals surface area contributed by atoms with Crippen LogP contribution in [-0.2, 0) is 0 Å². The lowest BCUT2D eigenvalue weighted by atomic mass is 10.00. The maximum absolute atomic E-state index is 9.31. The normalized spacial score (nSPS) is 20.1. The summed E-state index contributed by atoms with van der Waals surface area (Å²) in [5, 5.41) is 9.31. The Morgan fingerprint density at radius 1 is 1.64 bits per heavy atom. The topological polar surface area (TPSA) is 46.2 Å². The minimum absolute atomic E-state index is 0.0223. The van der Waals surface area contributed by atoms with Gasteiger partial charge < -0.3 is 10.8 Å². The quantitative estimate of drug-likeness (QED) is 0.481. The maximum Gasteiger partial charge on any atom is 0.116 e. The average Bonchev–Trinajstić information content (AvgIpc) is 1.86. The number of hydrogen-bond donors (Lipinski definition) is 2. The number of rotatable bonds is 4. The molecule has 0 saturated carbocycles. The Labute approximate surface area is 69.1 Å². The molecule has 0 bridgehead atoms. The van der Waals surface area contributed by atoms with Crippen LogP contribution in [0.1, 0.15) is 33.6 Å². The van der Waals surface area contributed by atoms with Gasteiger partial charge in [-0.05, 0) is 13.3 Å². The molecule has 0 aliphatic rings. The van der Waals surface area contributed by atoms with Gasteiger partial charge in [-0.3, -0.25) is 0 Å². The monoisotopic (exact) mass is 157 g/mol. The molecule has 0 radical (unpaired) electrons. The highest BCUT2D eigenvalue weighted by Gasteiger charge is 2.19. The molecule has 11 heavy (non-hydrogen) atoms. The van der Waals surface area contributed by atoms with Crippen LogP contribution in [0, 0.1) is 5.92 Å². The zero-order chi connectivity index (χ0) is 8.91. The Balaban J connectivity index is 3.77. The average molecular weight is 157 g/mol. The lowest BCUT2D eigenvalue weighted by Crippen LogP contribution is -2.41. The van der Waals surface area contributed by atoms with Crippen molar-refractivity contribution in [2.75, 3.05) is 0 Å². The van der Waals surface area contributed by atoms with Gasteiger partial charge in [-0.15, -0.1) is 0 Å². The van der Waals surface area contributed by atoms with Gasteiger partial charge in [0.25, 0.3) is 0 Å². The van der Waals surface area contributed by atoms with Crippen LogP contribution < -0.4 is 5.73 Å². The molecule has 0 rings (SSSR count). The predicted molar refractivity (Wildman–Crippen MR) is 48.0 cm³/mol. The summed E-state index contributed by atoms with van der Waals surface area (Å²) in [4.78, 5) is 0. The molecule has 0 spiro atoms. The summed E-state index contributed by atoms with van der Waals surface area (Å²) >= 11 is 0. The summed E-state index contributed by atoms with van der Waals surface area (Å²) in [5.41, 5.74) is 4.39. The van der Waals surface area contributed by atoms with Crippen molar-refractivity contribution in [1.29, 1.82) is 0 Å². The minimum atomic E-state index is -1.08. The standard InChI is InChI=1S/C9H19NO/c1-4-5-6-7-8(2)9(3,10)11/h6-8,11H,4-5,10H2,1-3H3/b7-6+/t8?,9-/m0/s1. The highest BCUT2D eigenvalue weighted by atomic mass is 16.3. The van der Waals surface area contributed by atoms with Crippen molar-refractivity contribution in [2.24, 2.45) is 11.7 Å². The molecular weight excluding hydrogens is 138 g/mol. The molecule has 0 aromatic rings. The molecule has 1 unspecified atom stereocenters. The van der Waals surface area contributed by atoms with Gasteiger partial charge in [0.05, 0.1) is 0 Å². The van der Waals surface area contributed by atoms with Crippen molar-refractivity contribution in [1.82, 2.24) is 0 Å². The molecule has 2 heteroatoms. The number of unbranched alkanes of at least 4 members (excludes halogenated alkanes) is 1. The Kier molecular flexibility index (Phi) is 4.38. The van der Waals surface area contributed by atoms with Gasteiger partial charge in [0.15, 0.2) is 0 Å². The molecule has 0 fully saturated rings. The molecule has 2 nitrogen and oxygen atoms in total. The third-order valence-electron chi connectivity index (χ3n) is 1.80. The first-order valence-corrected chi connectivity index (χ1v) is 4.16. The molecule has 0 saturated heterocycles. The van der Waals surface area contributed by atoms with E-state index in [2.05, 4.69) is 13.0 Å². The fourth-order valence-electron chi connectivity index (χ4n) is 0.662. The zero-order valence-corrected chi connectivity index (χ0v) is 7.67. The van der Waals surface area contributed by atoms with Crippen molar-refractivity contribution < 1.29 is 5.11 Å². The fourth-order valence-corrected chi connectivity index (χ4v) is 0.662. The zero-order valence-electron chi connectivity index (χ0n) is 7.67. The molecule has 0 heterocycles. The first kappa shape index (κ1) is 10.7. The SMILES string of the molecule is CCC/C=C/C(C)[C@@](C)(N)O. The van der Waals surface area contributed by atoms with E-state index in [-0.39, 0.29) is 5.92 Å². The van der Waals surface area contributed by atoms with Gasteiger partial charge in [-0.1, -0.05) is 32.4 Å². The van der Waals surface area contributed by atoms with Crippen LogP contribution >= 0.6 is 0 Å². The smallest absolute Gasteiger partial charge is 0.116 e. The Bertz CT molecular complexity index is 124. The van der Waals surface area contributed by atoms with Crippen LogP contribution in [-0.4, -0.2) is 10.8 Å². The summed E-state index contributed by atoms with van der Waals surface area (Å²) in [6.45, 7) is 5.65. The number of allylic oxidation sites excluding steroid dienone is 1. The van der Waals surface area contributed by atoms with Gasteiger partial charge in [0.1, 0.15) is 5.72 Å². The van der Waals surface area contributed by atoms with E-state index in [0.29, 0.717) is 0 Å². The molecule has 66 valence electrons. The second kappa shape index (κ2) is 4.52. The summed E-state index contributed by atoms with van der Waals surface area (Å²) in [6, 6.07) is 0. The van der Waals surface area contributed by atoms with E-state index in [1.54, 1.807) is 6.92 Å². The Morgan fingerprint density at radius 2 is 2.18 bits per heavy atom. The van der Waals surface area contributed by atoms with E-state index < -0.39 is 5.72 Å². The second-order valence-electron chi connectivity index (χ2n) is 3.23. The van der Waals surface area contributed by atoms with Crippen LogP contribution in [0.2, 0.25) is 0 Å². The Hall–Kier alpha value is -0.340. The maximum atomic E-state index is 9.31. The van der Waals surface area contributed by atoms with Crippen molar-refractivity contribution in [3.05, 3.63) is 12.2 Å². The highest BCUT2D eigenvalue weighted by molar-refractivity contribution is 4.92. The summed E-state index contributed by atoms with van der Waals surface area (Å²) < 4.78 is 0. The van der Waals surface area contributed by atoms with E-state index in [1.165, 1.54) is 0 Å². The van der Waals surface area contributed by atoms with E-state index in [9.17, 15) is 5.11 Å². The van der Waals surface area contributed by atoms with Gasteiger partial charge in [0, 0.05) is 5.92 Å². The van der Waals surface area contributed by atoms with E-state index in [0.717, 1.165) is 12.8 Å². The molecule has 3 N–H and O–H groups in total. The van der Waals surface area contributed by atoms with E-state index >= 15 is 0 Å². The summed E-state index contributed by atoms with van der Waals surface area (Å²) in [7, 11) is 0. The molecule has 0 amide bonds. The number of hydrogen-bond acceptors (Lipinski definition) is 2. The first-order valence-electron chi connectivity index (χ1n) is 4.16. The van der Waals surface area contributed by atoms with Gasteiger partial charge in [0.2, 0.25) is 0 Å². The fraction of sp³-hybridized carbons (Fsp3) is 0.778. The molecule has 0 aromatic heterocycles. The predicted octanol–water partition coefficient (Wildman–Crippen LogP) is 1.65. The van der Waals surface area contributed by atoms with E-state index in [1.807, 2.05) is 13.0 Å². The van der Waals surface area contributed by atoms with Gasteiger partial charge in [-0.25, -0.2) is 0 Å². The number of nitrogens with two attached hydrogens (primary N) is 1. The minimum Gasteiger partial charge on any atom is -0.376 e. The van der Waals surface area contributed by atoms with Crippen molar-refractivity contribution in [2.45, 2.75) is 39.3 Å². The highest BCUT2D eigenvalue weighted by Crippen LogP contribution is 2.11. The van der Waals surface area contributed by atoms with Gasteiger partial charge in [-0.2, -0.15) is 0 Å². The summed E-state index contributed by atoms with van der Waals surface area (Å²) in [5.74, 6) is 0.0223. The molecule has 0 aromatic carbocycles. The molecule has 2 atom stereocenters. The Morgan fingerprint density at radius 3 is 2.55 bits per heavy atom. The second-order valence-corrected chi connectivity index (χ2v) is 3.23. The van der Waals surface area contributed by atoms with E-state index in [4.69, 9.17) is 5.73 Å². The van der Waals surface area contributed by atoms with Crippen LogP contribution in [0.3, 0.4) is 0 Å². The lowest BCUT2D eigenvalue weighted by Gasteiger charge is -2.22. The first-order chi connectivity index (χ1) is 4.98. The van der Waals surface area contributed by atoms with Crippen molar-refractivity contribution in [3.63, 3.8) is 0 Å². The van der Waals surface area contributed by atoms with Crippen LogP contribution in [0.25, 0.3) is 0 Å². The van der Waals surface area contributed by atoms with Crippen LogP contribution in [0.5, 0.6) is 0 Å².